The smallest absolute Gasteiger partial charge is 0.308 e. The van der Waals surface area contributed by atoms with Crippen LogP contribution in [0.3, 0.4) is 0 Å². The lowest BCUT2D eigenvalue weighted by atomic mass is 9.82. The Kier molecular flexibility index (Phi) is 21.4. The van der Waals surface area contributed by atoms with Crippen molar-refractivity contribution in [1.29, 1.82) is 0 Å². The monoisotopic (exact) mass is 816 g/mol. The number of nitrogen functional groups attached to an aromatic ring is 1. The van der Waals surface area contributed by atoms with E-state index in [0.29, 0.717) is 42.1 Å². The summed E-state index contributed by atoms with van der Waals surface area (Å²) in [7, 11) is 2.88. The van der Waals surface area contributed by atoms with E-state index in [4.69, 9.17) is 39.3 Å². The van der Waals surface area contributed by atoms with Crippen LogP contribution >= 0.6 is 0 Å². The first-order chi connectivity index (χ1) is 27.6. The first-order valence-electron chi connectivity index (χ1n) is 20.6. The summed E-state index contributed by atoms with van der Waals surface area (Å²) in [5, 5.41) is 25.6. The second-order valence-electron chi connectivity index (χ2n) is 15.1. The van der Waals surface area contributed by atoms with Gasteiger partial charge < -0.3 is 49.9 Å². The number of nitro groups is 1. The number of hydrogen-bond donors (Lipinski definition) is 4. The lowest BCUT2D eigenvalue weighted by Gasteiger charge is -2.27. The van der Waals surface area contributed by atoms with Gasteiger partial charge in [-0.2, -0.15) is 0 Å². The Labute approximate surface area is 344 Å². The predicted octanol–water partition coefficient (Wildman–Crippen LogP) is 8.09. The van der Waals surface area contributed by atoms with Gasteiger partial charge in [-0.05, 0) is 114 Å². The fourth-order valence-electron chi connectivity index (χ4n) is 7.61. The summed E-state index contributed by atoms with van der Waals surface area (Å²) in [6.07, 6.45) is 12.9. The molecule has 15 nitrogen and oxygen atoms in total. The maximum Gasteiger partial charge on any atom is 0.308 e. The number of benzene rings is 2. The Morgan fingerprint density at radius 1 is 0.741 bits per heavy atom. The molecule has 2 aromatic carbocycles. The van der Waals surface area contributed by atoms with Gasteiger partial charge in [0.25, 0.3) is 5.69 Å². The molecule has 6 rings (SSSR count). The van der Waals surface area contributed by atoms with E-state index < -0.39 is 4.92 Å². The summed E-state index contributed by atoms with van der Waals surface area (Å²) in [4.78, 5) is 34.2. The molecule has 2 unspecified atom stereocenters. The average molecular weight is 817 g/mol. The second kappa shape index (κ2) is 25.9. The van der Waals surface area contributed by atoms with E-state index in [0.717, 1.165) is 114 Å². The van der Waals surface area contributed by atoms with Crippen LogP contribution in [0.4, 0.5) is 22.7 Å². The number of nitro benzene ring substituents is 1. The number of aliphatic hydroxyl groups is 1. The van der Waals surface area contributed by atoms with Gasteiger partial charge in [-0.3, -0.25) is 19.7 Å². The Morgan fingerprint density at radius 3 is 1.59 bits per heavy atom. The number of carbonyl (C=O) groups excluding carboxylic acids is 2. The van der Waals surface area contributed by atoms with E-state index in [-0.39, 0.29) is 56.1 Å². The highest BCUT2D eigenvalue weighted by Gasteiger charge is 2.29. The van der Waals surface area contributed by atoms with Crippen molar-refractivity contribution in [3.63, 3.8) is 0 Å². The first kappa shape index (κ1) is 48.0. The molecule has 326 valence electrons. The number of rotatable bonds is 13. The number of nitrogens with two attached hydrogens (primary N) is 1. The number of anilines is 3. The summed E-state index contributed by atoms with van der Waals surface area (Å²) in [5.41, 5.74) is 8.20. The molecule has 4 aliphatic rings. The highest BCUT2D eigenvalue weighted by atomic mass is 16.7. The van der Waals surface area contributed by atoms with E-state index in [2.05, 4.69) is 10.6 Å². The zero-order chi connectivity index (χ0) is 41.0. The maximum atomic E-state index is 11.6. The zero-order valence-electron chi connectivity index (χ0n) is 33.9. The molecular weight excluding hydrogens is 748 g/mol. The largest absolute Gasteiger partial charge is 0.469 e. The van der Waals surface area contributed by atoms with E-state index in [1.807, 2.05) is 18.2 Å². The van der Waals surface area contributed by atoms with Crippen molar-refractivity contribution in [1.82, 2.24) is 0 Å². The number of ether oxygens (including phenoxy) is 6. The standard InChI is InChI=1S/C20H28N2O6.C20H30N2O4.C2H6O.CH4/c1-26-20(23)15-7-5-14(6-8-15)13-21-17-12-16(9-10-18(17)22(24)25)28-19-4-2-3-11-27-19;1-24-20(23)15-7-5-14(6-8-15)13-22-18-12-16(9-10-17(18)21)26-19-4-2-3-11-25-19;1-2-3;/h9-10,12,14-15,19,21H,2-8,11,13H2,1H3;9-10,12,14-15,19,22H,2-8,11,13,21H2,1H3;3H,2H2,1H3;1H4. The van der Waals surface area contributed by atoms with Crippen LogP contribution in [0, 0.1) is 33.8 Å². The second-order valence-corrected chi connectivity index (χ2v) is 15.1. The summed E-state index contributed by atoms with van der Waals surface area (Å²) in [5.74, 6) is 2.08. The van der Waals surface area contributed by atoms with Gasteiger partial charge in [0.1, 0.15) is 17.2 Å². The van der Waals surface area contributed by atoms with Gasteiger partial charge in [-0.1, -0.05) is 7.43 Å². The van der Waals surface area contributed by atoms with Crippen LogP contribution in [0.15, 0.2) is 36.4 Å². The van der Waals surface area contributed by atoms with E-state index in [1.54, 1.807) is 19.1 Å². The van der Waals surface area contributed by atoms with Gasteiger partial charge in [0, 0.05) is 50.7 Å². The Balaban J connectivity index is 0.000000287. The lowest BCUT2D eigenvalue weighted by Crippen LogP contribution is -2.26. The molecule has 15 heteroatoms. The van der Waals surface area contributed by atoms with Crippen LogP contribution in [0.25, 0.3) is 0 Å². The minimum absolute atomic E-state index is 0. The van der Waals surface area contributed by atoms with Crippen LogP contribution in [-0.4, -0.2) is 81.7 Å². The number of aliphatic hydroxyl groups excluding tert-OH is 1. The van der Waals surface area contributed by atoms with Gasteiger partial charge in [0.05, 0.1) is 55.6 Å². The Hall–Kier alpha value is -4.34. The maximum absolute atomic E-state index is 11.6. The van der Waals surface area contributed by atoms with Crippen molar-refractivity contribution in [2.24, 2.45) is 23.7 Å². The third kappa shape index (κ3) is 15.8. The molecule has 2 aromatic rings. The van der Waals surface area contributed by atoms with Crippen LogP contribution in [0.2, 0.25) is 0 Å². The van der Waals surface area contributed by atoms with E-state index in [1.165, 1.54) is 20.3 Å². The third-order valence-corrected chi connectivity index (χ3v) is 10.9. The average Bonchev–Trinajstić information content (AvgIpc) is 3.24. The molecule has 2 aliphatic heterocycles. The summed E-state index contributed by atoms with van der Waals surface area (Å²) < 4.78 is 32.6. The number of methoxy groups -OCH3 is 2. The SMILES string of the molecule is C.CCO.COC(=O)C1CCC(CNc2cc(OC3CCCCO3)ccc2N)CC1.COC(=O)C1CCC(CNc2cc(OC3CCCCO3)ccc2[N+](=O)[O-])CC1. The molecule has 0 bridgehead atoms. The van der Waals surface area contributed by atoms with Crippen LogP contribution in [0.5, 0.6) is 11.5 Å². The van der Waals surface area contributed by atoms with Gasteiger partial charge >= 0.3 is 11.9 Å². The molecule has 0 radical (unpaired) electrons. The normalized spacial score (nSPS) is 24.1. The molecule has 58 heavy (non-hydrogen) atoms. The quantitative estimate of drug-likeness (QED) is 0.0653. The van der Waals surface area contributed by atoms with Crippen molar-refractivity contribution < 1.29 is 48.0 Å². The van der Waals surface area contributed by atoms with Crippen molar-refractivity contribution in [2.45, 2.75) is 117 Å². The summed E-state index contributed by atoms with van der Waals surface area (Å²) in [6, 6.07) is 10.5. The van der Waals surface area contributed by atoms with Gasteiger partial charge in [0.2, 0.25) is 0 Å². The van der Waals surface area contributed by atoms with Crippen molar-refractivity contribution in [3.05, 3.63) is 46.5 Å². The number of hydrogen-bond acceptors (Lipinski definition) is 14. The van der Waals surface area contributed by atoms with Crippen molar-refractivity contribution >= 4 is 34.7 Å². The van der Waals surface area contributed by atoms with Gasteiger partial charge in [-0.15, -0.1) is 0 Å². The summed E-state index contributed by atoms with van der Waals surface area (Å²) >= 11 is 0. The first-order valence-corrected chi connectivity index (χ1v) is 20.6. The van der Waals surface area contributed by atoms with Crippen LogP contribution in [0.1, 0.15) is 104 Å². The van der Waals surface area contributed by atoms with Crippen molar-refractivity contribution in [2.75, 3.05) is 63.5 Å². The molecule has 2 heterocycles. The van der Waals surface area contributed by atoms with E-state index in [9.17, 15) is 19.7 Å². The zero-order valence-corrected chi connectivity index (χ0v) is 33.9. The van der Waals surface area contributed by atoms with E-state index >= 15 is 0 Å². The van der Waals surface area contributed by atoms with Gasteiger partial charge in [-0.25, -0.2) is 0 Å². The van der Waals surface area contributed by atoms with Crippen LogP contribution < -0.4 is 25.8 Å². The molecule has 0 amide bonds. The molecule has 0 aromatic heterocycles. The molecule has 2 saturated carbocycles. The number of nitrogens with one attached hydrogen (secondary N) is 2. The van der Waals surface area contributed by atoms with Crippen LogP contribution in [-0.2, 0) is 28.5 Å². The lowest BCUT2D eigenvalue weighted by molar-refractivity contribution is -0.384. The Morgan fingerprint density at radius 2 is 1.17 bits per heavy atom. The minimum Gasteiger partial charge on any atom is -0.469 e. The number of esters is 2. The predicted molar refractivity (Wildman–Crippen MR) is 224 cm³/mol. The molecule has 2 atom stereocenters. The molecule has 0 spiro atoms. The highest BCUT2D eigenvalue weighted by Crippen LogP contribution is 2.34. The number of carbonyl (C=O) groups is 2. The summed E-state index contributed by atoms with van der Waals surface area (Å²) in [6.45, 7) is 4.84. The fraction of sp³-hybridized carbons (Fsp3) is 0.674. The minimum atomic E-state index is -0.391. The molecular formula is C43H68N4O11. The van der Waals surface area contributed by atoms with Crippen molar-refractivity contribution in [3.8, 4) is 11.5 Å². The third-order valence-electron chi connectivity index (χ3n) is 10.9. The molecule has 2 aliphatic carbocycles. The molecule has 5 N–H and O–H groups in total. The topological polar surface area (TPSA) is 203 Å². The molecule has 4 fully saturated rings. The Bertz CT molecular complexity index is 1520. The highest BCUT2D eigenvalue weighted by molar-refractivity contribution is 5.73. The fourth-order valence-corrected chi connectivity index (χ4v) is 7.61. The van der Waals surface area contributed by atoms with Gasteiger partial charge in [0.15, 0.2) is 12.6 Å². The number of nitrogens with zero attached hydrogens (tertiary/aromatic N) is 1. The molecule has 2 saturated heterocycles.